The van der Waals surface area contributed by atoms with Crippen molar-refractivity contribution in [1.82, 2.24) is 15.0 Å². The predicted molar refractivity (Wildman–Crippen MR) is 112 cm³/mol. The number of aromatic nitrogens is 3. The maximum atomic E-state index is 11.6. The second kappa shape index (κ2) is 8.41. The van der Waals surface area contributed by atoms with E-state index in [0.29, 0.717) is 40.8 Å². The van der Waals surface area contributed by atoms with E-state index < -0.39 is 6.09 Å². The summed E-state index contributed by atoms with van der Waals surface area (Å²) in [5.41, 5.74) is 6.17. The highest BCUT2D eigenvalue weighted by atomic mass is 35.5. The van der Waals surface area contributed by atoms with Crippen molar-refractivity contribution in [1.29, 1.82) is 0 Å². The summed E-state index contributed by atoms with van der Waals surface area (Å²) in [6.45, 7) is 2.36. The monoisotopic (exact) mass is 416 g/mol. The summed E-state index contributed by atoms with van der Waals surface area (Å²) in [5, 5.41) is 10.1. The fourth-order valence-electron chi connectivity index (χ4n) is 4.34. The number of nitrogens with two attached hydrogens (primary N) is 1. The van der Waals surface area contributed by atoms with Crippen LogP contribution in [0.15, 0.2) is 30.7 Å². The number of halogens is 1. The smallest absolute Gasteiger partial charge is 0.413 e. The Morgan fingerprint density at radius 3 is 2.55 bits per heavy atom. The molecule has 3 N–H and O–H groups in total. The molecule has 3 heterocycles. The van der Waals surface area contributed by atoms with Gasteiger partial charge in [0.15, 0.2) is 0 Å². The van der Waals surface area contributed by atoms with Crippen LogP contribution in [0.1, 0.15) is 25.7 Å². The minimum absolute atomic E-state index is 0.431. The molecule has 1 saturated heterocycles. The third-order valence-electron chi connectivity index (χ3n) is 6.01. The first-order valence-electron chi connectivity index (χ1n) is 9.95. The number of hydrogen-bond donors (Lipinski definition) is 2. The topological polar surface area (TPSA) is 108 Å². The zero-order valence-corrected chi connectivity index (χ0v) is 16.9. The van der Waals surface area contributed by atoms with Gasteiger partial charge in [-0.1, -0.05) is 11.6 Å². The van der Waals surface area contributed by atoms with E-state index in [-0.39, 0.29) is 0 Å². The van der Waals surface area contributed by atoms with Gasteiger partial charge in [-0.15, -0.1) is 0 Å². The Hall–Kier alpha value is -2.61. The Morgan fingerprint density at radius 1 is 1.21 bits per heavy atom. The molecule has 2 aromatic rings. The second-order valence-corrected chi connectivity index (χ2v) is 8.29. The average Bonchev–Trinajstić information content (AvgIpc) is 3.50. The van der Waals surface area contributed by atoms with Crippen LogP contribution >= 0.6 is 11.6 Å². The van der Waals surface area contributed by atoms with Crippen LogP contribution in [0.3, 0.4) is 0 Å². The van der Waals surface area contributed by atoms with Gasteiger partial charge in [-0.2, -0.15) is 0 Å². The minimum atomic E-state index is -0.976. The summed E-state index contributed by atoms with van der Waals surface area (Å²) >= 11 is 5.86. The number of amides is 1. The van der Waals surface area contributed by atoms with Gasteiger partial charge < -0.3 is 15.7 Å². The molecular formula is C20H25ClN6O2. The van der Waals surface area contributed by atoms with Crippen molar-refractivity contribution in [2.24, 2.45) is 17.8 Å². The third kappa shape index (κ3) is 4.70. The first-order valence-corrected chi connectivity index (χ1v) is 10.3. The molecule has 2 aromatic heterocycles. The third-order valence-corrected chi connectivity index (χ3v) is 6.21. The van der Waals surface area contributed by atoms with Crippen LogP contribution in [0.25, 0.3) is 0 Å². The standard InChI is InChI=1S/C20H25ClN6O2/c21-15-10-24-19(25-11-15)26-6-3-13(4-7-26)17-9-14(17)5-8-27(20(28)29)18-2-1-16(22)12-23-18/h1-2,10-14,17H,3-9,22H2,(H,28,29)/t14-,17-/m1/s1. The minimum Gasteiger partial charge on any atom is -0.465 e. The number of carbonyl (C=O) groups is 1. The molecule has 8 nitrogen and oxygen atoms in total. The molecule has 1 amide bonds. The van der Waals surface area contributed by atoms with Gasteiger partial charge in [-0.05, 0) is 55.6 Å². The Balaban J connectivity index is 1.25. The van der Waals surface area contributed by atoms with E-state index in [9.17, 15) is 9.90 Å². The summed E-state index contributed by atoms with van der Waals surface area (Å²) in [6.07, 6.45) is 8.08. The molecule has 1 saturated carbocycles. The van der Waals surface area contributed by atoms with Gasteiger partial charge in [0.2, 0.25) is 5.95 Å². The quantitative estimate of drug-likeness (QED) is 0.741. The molecule has 2 fully saturated rings. The van der Waals surface area contributed by atoms with E-state index >= 15 is 0 Å². The molecule has 0 unspecified atom stereocenters. The highest BCUT2D eigenvalue weighted by Crippen LogP contribution is 2.50. The van der Waals surface area contributed by atoms with Crippen LogP contribution in [-0.2, 0) is 0 Å². The Kier molecular flexibility index (Phi) is 5.71. The number of nitrogen functional groups attached to an aromatic ring is 1. The molecule has 2 atom stereocenters. The second-order valence-electron chi connectivity index (χ2n) is 7.86. The van der Waals surface area contributed by atoms with Crippen molar-refractivity contribution >= 4 is 35.1 Å². The molecular weight excluding hydrogens is 392 g/mol. The number of carboxylic acid groups (broad SMARTS) is 1. The van der Waals surface area contributed by atoms with E-state index in [1.165, 1.54) is 17.5 Å². The molecule has 0 aromatic carbocycles. The lowest BCUT2D eigenvalue weighted by Crippen LogP contribution is -2.35. The van der Waals surface area contributed by atoms with Gasteiger partial charge in [-0.3, -0.25) is 4.90 Å². The molecule has 154 valence electrons. The summed E-state index contributed by atoms with van der Waals surface area (Å²) in [5.74, 6) is 3.15. The van der Waals surface area contributed by atoms with Crippen LogP contribution in [0.2, 0.25) is 5.02 Å². The van der Waals surface area contributed by atoms with Crippen LogP contribution in [0.4, 0.5) is 22.2 Å². The van der Waals surface area contributed by atoms with Gasteiger partial charge in [-0.25, -0.2) is 19.7 Å². The van der Waals surface area contributed by atoms with E-state index in [0.717, 1.165) is 38.3 Å². The van der Waals surface area contributed by atoms with Gasteiger partial charge in [0, 0.05) is 19.6 Å². The van der Waals surface area contributed by atoms with Crippen LogP contribution in [0.5, 0.6) is 0 Å². The van der Waals surface area contributed by atoms with Crippen molar-refractivity contribution < 1.29 is 9.90 Å². The molecule has 0 bridgehead atoms. The average molecular weight is 417 g/mol. The fourth-order valence-corrected chi connectivity index (χ4v) is 4.43. The molecule has 1 aliphatic heterocycles. The first kappa shape index (κ1) is 19.7. The molecule has 0 spiro atoms. The Morgan fingerprint density at radius 2 is 1.93 bits per heavy atom. The predicted octanol–water partition coefficient (Wildman–Crippen LogP) is 3.53. The van der Waals surface area contributed by atoms with Crippen molar-refractivity contribution in [3.05, 3.63) is 35.7 Å². The van der Waals surface area contributed by atoms with Crippen molar-refractivity contribution in [2.75, 3.05) is 35.2 Å². The van der Waals surface area contributed by atoms with Gasteiger partial charge in [0.25, 0.3) is 0 Å². The van der Waals surface area contributed by atoms with Crippen LogP contribution < -0.4 is 15.5 Å². The highest BCUT2D eigenvalue weighted by molar-refractivity contribution is 6.30. The molecule has 1 aliphatic carbocycles. The van der Waals surface area contributed by atoms with Gasteiger partial charge in [0.1, 0.15) is 5.82 Å². The Labute approximate surface area is 174 Å². The lowest BCUT2D eigenvalue weighted by Gasteiger charge is -2.32. The first-order chi connectivity index (χ1) is 14.0. The normalized spacial score (nSPS) is 21.8. The molecule has 0 radical (unpaired) electrons. The number of anilines is 3. The van der Waals surface area contributed by atoms with E-state index in [2.05, 4.69) is 19.9 Å². The van der Waals surface area contributed by atoms with Crippen LogP contribution in [-0.4, -0.2) is 45.8 Å². The molecule has 4 rings (SSSR count). The number of pyridine rings is 1. The number of nitrogens with zero attached hydrogens (tertiary/aromatic N) is 5. The molecule has 29 heavy (non-hydrogen) atoms. The number of piperidine rings is 1. The maximum Gasteiger partial charge on any atom is 0.413 e. The fraction of sp³-hybridized carbons (Fsp3) is 0.500. The molecule has 2 aliphatic rings. The van der Waals surface area contributed by atoms with Crippen molar-refractivity contribution in [3.8, 4) is 0 Å². The van der Waals surface area contributed by atoms with Crippen LogP contribution in [0, 0.1) is 17.8 Å². The summed E-state index contributed by atoms with van der Waals surface area (Å²) in [6, 6.07) is 3.33. The van der Waals surface area contributed by atoms with Gasteiger partial charge in [0.05, 0.1) is 29.3 Å². The van der Waals surface area contributed by atoms with E-state index in [1.54, 1.807) is 24.5 Å². The van der Waals surface area contributed by atoms with E-state index in [4.69, 9.17) is 17.3 Å². The Bertz CT molecular complexity index is 839. The lowest BCUT2D eigenvalue weighted by molar-refractivity contribution is 0.201. The summed E-state index contributed by atoms with van der Waals surface area (Å²) in [4.78, 5) is 27.9. The van der Waals surface area contributed by atoms with E-state index in [1.807, 2.05) is 0 Å². The zero-order valence-electron chi connectivity index (χ0n) is 16.1. The van der Waals surface area contributed by atoms with Crippen molar-refractivity contribution in [2.45, 2.75) is 25.7 Å². The number of hydrogen-bond acceptors (Lipinski definition) is 6. The van der Waals surface area contributed by atoms with Gasteiger partial charge >= 0.3 is 6.09 Å². The molecule has 9 heteroatoms. The largest absolute Gasteiger partial charge is 0.465 e. The zero-order chi connectivity index (χ0) is 20.4. The van der Waals surface area contributed by atoms with Crippen molar-refractivity contribution in [3.63, 3.8) is 0 Å². The number of rotatable bonds is 6. The highest BCUT2D eigenvalue weighted by Gasteiger charge is 2.43. The SMILES string of the molecule is Nc1ccc(N(CC[C@@H]2C[C@@H]2C2CCN(c3ncc(Cl)cn3)CC2)C(=O)O)nc1. The summed E-state index contributed by atoms with van der Waals surface area (Å²) in [7, 11) is 0. The summed E-state index contributed by atoms with van der Waals surface area (Å²) < 4.78 is 0. The maximum absolute atomic E-state index is 11.6. The lowest BCUT2D eigenvalue weighted by atomic mass is 9.90.